The molecule has 1 heterocycles. The van der Waals surface area contributed by atoms with Crippen molar-refractivity contribution in [2.45, 2.75) is 25.4 Å². The molecular formula is C14H20N2O3. The van der Waals surface area contributed by atoms with E-state index < -0.39 is 5.60 Å². The van der Waals surface area contributed by atoms with E-state index in [-0.39, 0.29) is 6.03 Å². The molecule has 1 aliphatic heterocycles. The van der Waals surface area contributed by atoms with Crippen molar-refractivity contribution in [1.82, 2.24) is 4.90 Å². The Morgan fingerprint density at radius 2 is 1.89 bits per heavy atom. The summed E-state index contributed by atoms with van der Waals surface area (Å²) in [4.78, 5) is 13.8. The monoisotopic (exact) mass is 264 g/mol. The van der Waals surface area contributed by atoms with Gasteiger partial charge in [0.05, 0.1) is 12.7 Å². The van der Waals surface area contributed by atoms with Crippen LogP contribution in [0.25, 0.3) is 0 Å². The predicted molar refractivity (Wildman–Crippen MR) is 73.4 cm³/mol. The molecule has 0 aromatic heterocycles. The van der Waals surface area contributed by atoms with Gasteiger partial charge in [-0.2, -0.15) is 0 Å². The van der Waals surface area contributed by atoms with Gasteiger partial charge in [-0.15, -0.1) is 0 Å². The van der Waals surface area contributed by atoms with E-state index in [1.165, 1.54) is 0 Å². The lowest BCUT2D eigenvalue weighted by molar-refractivity contribution is 0.00570. The summed E-state index contributed by atoms with van der Waals surface area (Å²) in [6.07, 6.45) is 1.23. The van der Waals surface area contributed by atoms with Crippen LogP contribution in [-0.4, -0.2) is 41.8 Å². The number of likely N-dealkylation sites (tertiary alicyclic amines) is 1. The van der Waals surface area contributed by atoms with Gasteiger partial charge >= 0.3 is 6.03 Å². The molecule has 1 aromatic carbocycles. The number of rotatable bonds is 2. The first-order valence-corrected chi connectivity index (χ1v) is 6.42. The Morgan fingerprint density at radius 3 is 2.42 bits per heavy atom. The van der Waals surface area contributed by atoms with Crippen molar-refractivity contribution >= 4 is 11.7 Å². The average molecular weight is 264 g/mol. The fraction of sp³-hybridized carbons (Fsp3) is 0.500. The highest BCUT2D eigenvalue weighted by Crippen LogP contribution is 2.22. The van der Waals surface area contributed by atoms with Gasteiger partial charge in [0.1, 0.15) is 5.75 Å². The maximum atomic E-state index is 12.0. The number of aliphatic hydroxyl groups is 1. The molecule has 1 aliphatic rings. The van der Waals surface area contributed by atoms with E-state index in [2.05, 4.69) is 5.32 Å². The molecule has 0 bridgehead atoms. The number of carbonyl (C=O) groups excluding carboxylic acids is 1. The van der Waals surface area contributed by atoms with Crippen LogP contribution in [0.1, 0.15) is 19.8 Å². The van der Waals surface area contributed by atoms with E-state index in [1.807, 2.05) is 6.92 Å². The number of urea groups is 1. The fourth-order valence-corrected chi connectivity index (χ4v) is 2.07. The molecule has 1 fully saturated rings. The summed E-state index contributed by atoms with van der Waals surface area (Å²) >= 11 is 0. The Kier molecular flexibility index (Phi) is 3.95. The normalized spacial score (nSPS) is 17.9. The van der Waals surface area contributed by atoms with Crippen LogP contribution in [0.3, 0.4) is 0 Å². The van der Waals surface area contributed by atoms with Crippen LogP contribution in [0.2, 0.25) is 0 Å². The van der Waals surface area contributed by atoms with Gasteiger partial charge in [0.15, 0.2) is 0 Å². The van der Waals surface area contributed by atoms with Crippen molar-refractivity contribution < 1.29 is 14.6 Å². The number of hydrogen-bond donors (Lipinski definition) is 2. The molecule has 0 atom stereocenters. The maximum Gasteiger partial charge on any atom is 0.321 e. The number of carbonyl (C=O) groups is 1. The molecule has 1 saturated heterocycles. The van der Waals surface area contributed by atoms with Gasteiger partial charge in [-0.05, 0) is 44.0 Å². The zero-order chi connectivity index (χ0) is 13.9. The van der Waals surface area contributed by atoms with Crippen LogP contribution in [-0.2, 0) is 0 Å². The van der Waals surface area contributed by atoms with Crippen LogP contribution in [0.4, 0.5) is 10.5 Å². The molecule has 0 unspecified atom stereocenters. The highest BCUT2D eigenvalue weighted by Gasteiger charge is 2.29. The summed E-state index contributed by atoms with van der Waals surface area (Å²) < 4.78 is 5.06. The third-order valence-electron chi connectivity index (χ3n) is 3.47. The van der Waals surface area contributed by atoms with Crippen molar-refractivity contribution in [3.05, 3.63) is 24.3 Å². The summed E-state index contributed by atoms with van der Waals surface area (Å²) in [5.74, 6) is 0.756. The van der Waals surface area contributed by atoms with Crippen molar-refractivity contribution in [3.63, 3.8) is 0 Å². The second kappa shape index (κ2) is 5.48. The first-order valence-electron chi connectivity index (χ1n) is 6.42. The Bertz CT molecular complexity index is 433. The Labute approximate surface area is 113 Å². The molecule has 0 saturated carbocycles. The highest BCUT2D eigenvalue weighted by atomic mass is 16.5. The minimum absolute atomic E-state index is 0.124. The smallest absolute Gasteiger partial charge is 0.321 e. The van der Waals surface area contributed by atoms with Crippen LogP contribution in [0.15, 0.2) is 24.3 Å². The van der Waals surface area contributed by atoms with Gasteiger partial charge in [-0.3, -0.25) is 0 Å². The zero-order valence-corrected chi connectivity index (χ0v) is 11.3. The highest BCUT2D eigenvalue weighted by molar-refractivity contribution is 5.89. The molecule has 5 nitrogen and oxygen atoms in total. The lowest BCUT2D eigenvalue weighted by Crippen LogP contribution is -2.46. The summed E-state index contributed by atoms with van der Waals surface area (Å²) in [5, 5.41) is 12.7. The van der Waals surface area contributed by atoms with E-state index in [0.29, 0.717) is 25.9 Å². The average Bonchev–Trinajstić information content (AvgIpc) is 2.39. The van der Waals surface area contributed by atoms with Gasteiger partial charge in [-0.25, -0.2) is 4.79 Å². The summed E-state index contributed by atoms with van der Waals surface area (Å²) in [7, 11) is 1.60. The molecule has 2 rings (SSSR count). The summed E-state index contributed by atoms with van der Waals surface area (Å²) in [6, 6.07) is 7.08. The number of nitrogens with one attached hydrogen (secondary N) is 1. The van der Waals surface area contributed by atoms with E-state index in [1.54, 1.807) is 36.3 Å². The number of methoxy groups -OCH3 is 1. The zero-order valence-electron chi connectivity index (χ0n) is 11.3. The third kappa shape index (κ3) is 3.61. The lowest BCUT2D eigenvalue weighted by Gasteiger charge is -2.35. The largest absolute Gasteiger partial charge is 0.497 e. The number of amides is 2. The fourth-order valence-electron chi connectivity index (χ4n) is 2.07. The maximum absolute atomic E-state index is 12.0. The topological polar surface area (TPSA) is 61.8 Å². The van der Waals surface area contributed by atoms with Crippen molar-refractivity contribution in [1.29, 1.82) is 0 Å². The molecule has 104 valence electrons. The SMILES string of the molecule is COc1ccc(NC(=O)N2CCC(C)(O)CC2)cc1. The first-order chi connectivity index (χ1) is 9.00. The van der Waals surface area contributed by atoms with Crippen LogP contribution >= 0.6 is 0 Å². The molecule has 2 N–H and O–H groups in total. The predicted octanol–water partition coefficient (Wildman–Crippen LogP) is 2.07. The molecular weight excluding hydrogens is 244 g/mol. The molecule has 19 heavy (non-hydrogen) atoms. The Balaban J connectivity index is 1.90. The van der Waals surface area contributed by atoms with Gasteiger partial charge in [0.25, 0.3) is 0 Å². The number of nitrogens with zero attached hydrogens (tertiary/aromatic N) is 1. The molecule has 2 amide bonds. The van der Waals surface area contributed by atoms with Crippen molar-refractivity contribution in [3.8, 4) is 5.75 Å². The number of anilines is 1. The van der Waals surface area contributed by atoms with E-state index in [4.69, 9.17) is 4.74 Å². The van der Waals surface area contributed by atoms with Crippen LogP contribution in [0.5, 0.6) is 5.75 Å². The Hall–Kier alpha value is -1.75. The third-order valence-corrected chi connectivity index (χ3v) is 3.47. The number of hydrogen-bond acceptors (Lipinski definition) is 3. The lowest BCUT2D eigenvalue weighted by atomic mass is 9.94. The minimum Gasteiger partial charge on any atom is -0.497 e. The molecule has 1 aromatic rings. The van der Waals surface area contributed by atoms with Gasteiger partial charge < -0.3 is 20.1 Å². The standard InChI is InChI=1S/C14H20N2O3/c1-14(18)7-9-16(10-8-14)13(17)15-11-3-5-12(19-2)6-4-11/h3-6,18H,7-10H2,1-2H3,(H,15,17). The van der Waals surface area contributed by atoms with Gasteiger partial charge in [-0.1, -0.05) is 0 Å². The van der Waals surface area contributed by atoms with E-state index >= 15 is 0 Å². The second-order valence-corrected chi connectivity index (χ2v) is 5.14. The number of benzene rings is 1. The Morgan fingerprint density at radius 1 is 1.32 bits per heavy atom. The van der Waals surface area contributed by atoms with E-state index in [9.17, 15) is 9.90 Å². The minimum atomic E-state index is -0.642. The summed E-state index contributed by atoms with van der Waals surface area (Å²) in [6.45, 7) is 2.97. The molecule has 0 radical (unpaired) electrons. The quantitative estimate of drug-likeness (QED) is 0.859. The summed E-state index contributed by atoms with van der Waals surface area (Å²) in [5.41, 5.74) is 0.0970. The molecule has 0 spiro atoms. The van der Waals surface area contributed by atoms with Crippen LogP contribution in [0, 0.1) is 0 Å². The van der Waals surface area contributed by atoms with Crippen LogP contribution < -0.4 is 10.1 Å². The molecule has 5 heteroatoms. The number of ether oxygens (including phenoxy) is 1. The first kappa shape index (κ1) is 13.7. The molecule has 0 aliphatic carbocycles. The van der Waals surface area contributed by atoms with Gasteiger partial charge in [0.2, 0.25) is 0 Å². The van der Waals surface area contributed by atoms with Crippen molar-refractivity contribution in [2.24, 2.45) is 0 Å². The van der Waals surface area contributed by atoms with Gasteiger partial charge in [0, 0.05) is 18.8 Å². The van der Waals surface area contributed by atoms with E-state index in [0.717, 1.165) is 11.4 Å². The second-order valence-electron chi connectivity index (χ2n) is 5.14. The van der Waals surface area contributed by atoms with Crippen molar-refractivity contribution in [2.75, 3.05) is 25.5 Å². The number of piperidine rings is 1.